The van der Waals surface area contributed by atoms with E-state index in [9.17, 15) is 0 Å². The maximum Gasteiger partial charge on any atom is 0.0865 e. The fraction of sp³-hybridized carbons (Fsp3) is 0.727. The third kappa shape index (κ3) is 5.24. The number of aryl methyl sites for hydroxylation is 1. The van der Waals surface area contributed by atoms with Crippen molar-refractivity contribution in [3.05, 3.63) is 35.4 Å². The lowest BCUT2D eigenvalue weighted by Gasteiger charge is -2.36. The zero-order chi connectivity index (χ0) is 17.8. The van der Waals surface area contributed by atoms with Gasteiger partial charge >= 0.3 is 0 Å². The van der Waals surface area contributed by atoms with Gasteiger partial charge in [-0.15, -0.1) is 12.4 Å². The first kappa shape index (κ1) is 21.1. The summed E-state index contributed by atoms with van der Waals surface area (Å²) in [6.45, 7) is 6.84. The fourth-order valence-electron chi connectivity index (χ4n) is 5.06. The van der Waals surface area contributed by atoms with Crippen LogP contribution in [-0.4, -0.2) is 45.0 Å². The van der Waals surface area contributed by atoms with E-state index < -0.39 is 0 Å². The summed E-state index contributed by atoms with van der Waals surface area (Å²) in [5.41, 5.74) is 2.66. The molecule has 0 aromatic heterocycles. The molecular formula is C22H35ClN2O2. The fourth-order valence-corrected chi connectivity index (χ4v) is 5.06. The second-order valence-corrected chi connectivity index (χ2v) is 8.35. The van der Waals surface area contributed by atoms with Gasteiger partial charge in [-0.3, -0.25) is 0 Å². The first-order valence-corrected chi connectivity index (χ1v) is 10.5. The first-order valence-electron chi connectivity index (χ1n) is 10.5. The number of hydrogen-bond donors (Lipinski definition) is 2. The van der Waals surface area contributed by atoms with Gasteiger partial charge in [0.25, 0.3) is 0 Å². The molecule has 152 valence electrons. The Hall–Kier alpha value is -0.650. The number of nitrogens with one attached hydrogen (secondary N) is 2. The van der Waals surface area contributed by atoms with Crippen molar-refractivity contribution in [1.29, 1.82) is 0 Å². The van der Waals surface area contributed by atoms with E-state index in [1.54, 1.807) is 0 Å². The number of ether oxygens (including phenoxy) is 2. The van der Waals surface area contributed by atoms with Gasteiger partial charge in [0, 0.05) is 37.7 Å². The smallest absolute Gasteiger partial charge is 0.0865 e. The van der Waals surface area contributed by atoms with E-state index in [1.165, 1.54) is 43.2 Å². The lowest BCUT2D eigenvalue weighted by molar-refractivity contribution is -0.0293. The largest absolute Gasteiger partial charge is 0.379 e. The van der Waals surface area contributed by atoms with E-state index in [-0.39, 0.29) is 18.5 Å². The third-order valence-electron chi connectivity index (χ3n) is 6.53. The van der Waals surface area contributed by atoms with Crippen LogP contribution in [0.15, 0.2) is 24.3 Å². The van der Waals surface area contributed by atoms with Crippen LogP contribution in [0.3, 0.4) is 0 Å². The molecule has 2 saturated heterocycles. The number of benzene rings is 1. The molecule has 3 aliphatic rings. The van der Waals surface area contributed by atoms with Crippen molar-refractivity contribution in [1.82, 2.24) is 10.6 Å². The highest BCUT2D eigenvalue weighted by Crippen LogP contribution is 2.35. The van der Waals surface area contributed by atoms with Crippen LogP contribution in [0, 0.1) is 18.8 Å². The molecule has 0 spiro atoms. The summed E-state index contributed by atoms with van der Waals surface area (Å²) in [5, 5.41) is 7.61. The van der Waals surface area contributed by atoms with Crippen LogP contribution >= 0.6 is 12.4 Å². The van der Waals surface area contributed by atoms with Crippen LogP contribution < -0.4 is 10.6 Å². The van der Waals surface area contributed by atoms with Crippen molar-refractivity contribution >= 4 is 12.4 Å². The van der Waals surface area contributed by atoms with Crippen LogP contribution in [0.5, 0.6) is 0 Å². The summed E-state index contributed by atoms with van der Waals surface area (Å²) >= 11 is 0. The Kier molecular flexibility index (Phi) is 7.97. The molecule has 4 rings (SSSR count). The van der Waals surface area contributed by atoms with Gasteiger partial charge in [0.15, 0.2) is 0 Å². The summed E-state index contributed by atoms with van der Waals surface area (Å²) in [6, 6.07) is 10.1. The second kappa shape index (κ2) is 10.2. The molecular weight excluding hydrogens is 360 g/mol. The molecule has 1 aromatic carbocycles. The Balaban J connectivity index is 0.00000210. The van der Waals surface area contributed by atoms with E-state index in [1.807, 2.05) is 0 Å². The normalized spacial score (nSPS) is 34.2. The highest BCUT2D eigenvalue weighted by atomic mass is 35.5. The van der Waals surface area contributed by atoms with Crippen molar-refractivity contribution in [2.45, 2.75) is 57.2 Å². The Labute approximate surface area is 170 Å². The molecule has 2 heterocycles. The van der Waals surface area contributed by atoms with Gasteiger partial charge in [-0.2, -0.15) is 0 Å². The SMILES string of the molecule is Cc1ccc(C2OCCCC2CNC2CCCC2C2COCCN2)cc1.Cl. The van der Waals surface area contributed by atoms with Crippen LogP contribution in [-0.2, 0) is 9.47 Å². The average Bonchev–Trinajstić information content (AvgIpc) is 3.17. The van der Waals surface area contributed by atoms with Gasteiger partial charge in [0.05, 0.1) is 19.3 Å². The van der Waals surface area contributed by atoms with Crippen LogP contribution in [0.25, 0.3) is 0 Å². The molecule has 2 aliphatic heterocycles. The molecule has 3 fully saturated rings. The number of halogens is 1. The Bertz CT molecular complexity index is 562. The molecule has 0 bridgehead atoms. The van der Waals surface area contributed by atoms with Crippen molar-refractivity contribution < 1.29 is 9.47 Å². The Morgan fingerprint density at radius 1 is 1.07 bits per heavy atom. The maximum absolute atomic E-state index is 6.20. The van der Waals surface area contributed by atoms with Gasteiger partial charge in [-0.1, -0.05) is 36.2 Å². The van der Waals surface area contributed by atoms with E-state index in [0.717, 1.165) is 32.9 Å². The van der Waals surface area contributed by atoms with Crippen LogP contribution in [0.1, 0.15) is 49.3 Å². The number of rotatable bonds is 5. The zero-order valence-corrected chi connectivity index (χ0v) is 17.3. The van der Waals surface area contributed by atoms with Gasteiger partial charge in [-0.05, 0) is 44.1 Å². The van der Waals surface area contributed by atoms with Crippen molar-refractivity contribution in [2.24, 2.45) is 11.8 Å². The monoisotopic (exact) mass is 394 g/mol. The lowest BCUT2D eigenvalue weighted by Crippen LogP contribution is -2.51. The minimum atomic E-state index is 0. The number of morpholine rings is 1. The molecule has 5 atom stereocenters. The Morgan fingerprint density at radius 3 is 2.70 bits per heavy atom. The summed E-state index contributed by atoms with van der Waals surface area (Å²) in [5.74, 6) is 1.28. The highest BCUT2D eigenvalue weighted by Gasteiger charge is 2.35. The first-order chi connectivity index (χ1) is 12.8. The van der Waals surface area contributed by atoms with Gasteiger partial charge in [0.2, 0.25) is 0 Å². The topological polar surface area (TPSA) is 42.5 Å². The van der Waals surface area contributed by atoms with Crippen LogP contribution in [0.2, 0.25) is 0 Å². The van der Waals surface area contributed by atoms with Gasteiger partial charge < -0.3 is 20.1 Å². The van der Waals surface area contributed by atoms with Crippen molar-refractivity contribution in [3.8, 4) is 0 Å². The van der Waals surface area contributed by atoms with Crippen molar-refractivity contribution in [3.63, 3.8) is 0 Å². The summed E-state index contributed by atoms with van der Waals surface area (Å²) < 4.78 is 11.9. The predicted molar refractivity (Wildman–Crippen MR) is 112 cm³/mol. The van der Waals surface area contributed by atoms with E-state index in [4.69, 9.17) is 9.47 Å². The zero-order valence-electron chi connectivity index (χ0n) is 16.5. The quantitative estimate of drug-likeness (QED) is 0.800. The maximum atomic E-state index is 6.20. The van der Waals surface area contributed by atoms with Gasteiger partial charge in [-0.25, -0.2) is 0 Å². The van der Waals surface area contributed by atoms with E-state index in [0.29, 0.717) is 23.9 Å². The van der Waals surface area contributed by atoms with Crippen molar-refractivity contribution in [2.75, 3.05) is 32.9 Å². The molecule has 5 heteroatoms. The highest BCUT2D eigenvalue weighted by molar-refractivity contribution is 5.85. The summed E-state index contributed by atoms with van der Waals surface area (Å²) in [4.78, 5) is 0. The molecule has 1 saturated carbocycles. The molecule has 27 heavy (non-hydrogen) atoms. The summed E-state index contributed by atoms with van der Waals surface area (Å²) in [6.07, 6.45) is 6.64. The van der Waals surface area contributed by atoms with Gasteiger partial charge in [0.1, 0.15) is 0 Å². The molecule has 1 aliphatic carbocycles. The third-order valence-corrected chi connectivity index (χ3v) is 6.53. The molecule has 1 aromatic rings. The predicted octanol–water partition coefficient (Wildman–Crippen LogP) is 3.63. The van der Waals surface area contributed by atoms with E-state index >= 15 is 0 Å². The van der Waals surface area contributed by atoms with E-state index in [2.05, 4.69) is 41.8 Å². The average molecular weight is 395 g/mol. The minimum Gasteiger partial charge on any atom is -0.379 e. The standard InChI is InChI=1S/C22H34N2O2.ClH/c1-16-7-9-17(10-8-16)22-18(4-3-12-26-22)14-24-20-6-2-5-19(20)21-15-25-13-11-23-21;/h7-10,18-24H,2-6,11-15H2,1H3;1H. The van der Waals surface area contributed by atoms with Crippen LogP contribution in [0.4, 0.5) is 0 Å². The second-order valence-electron chi connectivity index (χ2n) is 8.35. The Morgan fingerprint density at radius 2 is 1.93 bits per heavy atom. The molecule has 2 N–H and O–H groups in total. The summed E-state index contributed by atoms with van der Waals surface area (Å²) in [7, 11) is 0. The minimum absolute atomic E-state index is 0. The molecule has 4 nitrogen and oxygen atoms in total. The molecule has 0 radical (unpaired) electrons. The number of hydrogen-bond acceptors (Lipinski definition) is 4. The molecule has 0 amide bonds. The lowest BCUT2D eigenvalue weighted by atomic mass is 9.88. The molecule has 5 unspecified atom stereocenters.